The molecule has 4 heteroatoms. The Hall–Kier alpha value is -1.13. The van der Waals surface area contributed by atoms with Gasteiger partial charge in [-0.15, -0.1) is 0 Å². The molecule has 1 aliphatic heterocycles. The van der Waals surface area contributed by atoms with Crippen molar-refractivity contribution in [3.05, 3.63) is 24.3 Å². The van der Waals surface area contributed by atoms with Crippen LogP contribution >= 0.6 is 11.3 Å². The summed E-state index contributed by atoms with van der Waals surface area (Å²) >= 11 is 1.78. The third kappa shape index (κ3) is 2.03. The zero-order valence-electron chi connectivity index (χ0n) is 9.80. The molecular weight excluding hydrogens is 230 g/mol. The summed E-state index contributed by atoms with van der Waals surface area (Å²) in [7, 11) is 0. The van der Waals surface area contributed by atoms with Gasteiger partial charge in [-0.3, -0.25) is 0 Å². The van der Waals surface area contributed by atoms with Crippen LogP contribution in [0, 0.1) is 0 Å². The van der Waals surface area contributed by atoms with Crippen molar-refractivity contribution in [2.75, 3.05) is 18.0 Å². The van der Waals surface area contributed by atoms with Gasteiger partial charge in [-0.25, -0.2) is 4.98 Å². The topological polar surface area (TPSA) is 42.1 Å². The van der Waals surface area contributed by atoms with Crippen molar-refractivity contribution in [1.82, 2.24) is 4.98 Å². The molecule has 0 unspecified atom stereocenters. The Labute approximate surface area is 105 Å². The number of rotatable bonds is 2. The predicted molar refractivity (Wildman–Crippen MR) is 73.7 cm³/mol. The molecule has 0 aliphatic carbocycles. The minimum absolute atomic E-state index is 0.476. The first kappa shape index (κ1) is 11.0. The first-order valence-electron chi connectivity index (χ1n) is 6.21. The van der Waals surface area contributed by atoms with Gasteiger partial charge in [-0.1, -0.05) is 23.5 Å². The zero-order chi connectivity index (χ0) is 11.7. The summed E-state index contributed by atoms with van der Waals surface area (Å²) in [6.45, 7) is 1.83. The van der Waals surface area contributed by atoms with Gasteiger partial charge in [0.15, 0.2) is 5.13 Å². The Morgan fingerprint density at radius 3 is 3.06 bits per heavy atom. The standard InChI is InChI=1S/C13H17N3S/c14-9-10-5-3-4-8-16(10)13-15-11-6-1-2-7-12(11)17-13/h1-2,6-7,10H,3-5,8-9,14H2/t10-/m1/s1. The fourth-order valence-electron chi connectivity index (χ4n) is 2.48. The average molecular weight is 247 g/mol. The molecule has 0 bridgehead atoms. The second-order valence-corrected chi connectivity index (χ2v) is 5.55. The molecule has 0 amide bonds. The van der Waals surface area contributed by atoms with E-state index in [2.05, 4.69) is 23.1 Å². The van der Waals surface area contributed by atoms with Gasteiger partial charge in [0.05, 0.1) is 10.2 Å². The van der Waals surface area contributed by atoms with Crippen LogP contribution in [0.5, 0.6) is 0 Å². The lowest BCUT2D eigenvalue weighted by atomic mass is 10.0. The highest BCUT2D eigenvalue weighted by Crippen LogP contribution is 2.32. The van der Waals surface area contributed by atoms with Gasteiger partial charge in [0.2, 0.25) is 0 Å². The third-order valence-corrected chi connectivity index (χ3v) is 4.50. The minimum atomic E-state index is 0.476. The van der Waals surface area contributed by atoms with Crippen molar-refractivity contribution in [2.24, 2.45) is 5.73 Å². The smallest absolute Gasteiger partial charge is 0.186 e. The van der Waals surface area contributed by atoms with Crippen molar-refractivity contribution in [2.45, 2.75) is 25.3 Å². The maximum absolute atomic E-state index is 5.86. The highest BCUT2D eigenvalue weighted by molar-refractivity contribution is 7.22. The minimum Gasteiger partial charge on any atom is -0.344 e. The van der Waals surface area contributed by atoms with Gasteiger partial charge in [-0.2, -0.15) is 0 Å². The fraction of sp³-hybridized carbons (Fsp3) is 0.462. The molecule has 2 heterocycles. The number of anilines is 1. The average Bonchev–Trinajstić information content (AvgIpc) is 2.82. The van der Waals surface area contributed by atoms with Crippen LogP contribution in [0.15, 0.2) is 24.3 Å². The Kier molecular flexibility index (Phi) is 2.99. The summed E-state index contributed by atoms with van der Waals surface area (Å²) in [5.74, 6) is 0. The van der Waals surface area contributed by atoms with Crippen LogP contribution in [-0.2, 0) is 0 Å². The Bertz CT molecular complexity index is 475. The number of hydrogen-bond acceptors (Lipinski definition) is 4. The number of para-hydroxylation sites is 1. The van der Waals surface area contributed by atoms with Crippen molar-refractivity contribution in [3.63, 3.8) is 0 Å². The summed E-state index contributed by atoms with van der Waals surface area (Å²) in [4.78, 5) is 7.12. The van der Waals surface area contributed by atoms with Gasteiger partial charge in [0, 0.05) is 19.1 Å². The van der Waals surface area contributed by atoms with Crippen molar-refractivity contribution in [1.29, 1.82) is 0 Å². The van der Waals surface area contributed by atoms with Gasteiger partial charge in [-0.05, 0) is 31.4 Å². The van der Waals surface area contributed by atoms with E-state index >= 15 is 0 Å². The molecule has 1 aliphatic rings. The molecule has 1 saturated heterocycles. The van der Waals surface area contributed by atoms with Gasteiger partial charge >= 0.3 is 0 Å². The van der Waals surface area contributed by atoms with Crippen LogP contribution in [0.2, 0.25) is 0 Å². The van der Waals surface area contributed by atoms with Crippen LogP contribution in [-0.4, -0.2) is 24.1 Å². The normalized spacial score (nSPS) is 21.0. The van der Waals surface area contributed by atoms with E-state index in [-0.39, 0.29) is 0 Å². The molecule has 3 nitrogen and oxygen atoms in total. The van der Waals surface area contributed by atoms with E-state index in [1.54, 1.807) is 11.3 Å². The van der Waals surface area contributed by atoms with Crippen molar-refractivity contribution >= 4 is 26.7 Å². The summed E-state index contributed by atoms with van der Waals surface area (Å²) in [5, 5.41) is 1.14. The Balaban J connectivity index is 1.96. The van der Waals surface area contributed by atoms with Crippen LogP contribution < -0.4 is 10.6 Å². The quantitative estimate of drug-likeness (QED) is 0.887. The number of hydrogen-bond donors (Lipinski definition) is 1. The second kappa shape index (κ2) is 4.63. The monoisotopic (exact) mass is 247 g/mol. The number of aromatic nitrogens is 1. The SMILES string of the molecule is NC[C@H]1CCCCN1c1nc2ccccc2s1. The van der Waals surface area contributed by atoms with E-state index in [0.717, 1.165) is 23.7 Å². The number of benzene rings is 1. The first-order chi connectivity index (χ1) is 8.38. The molecule has 2 N–H and O–H groups in total. The molecule has 0 radical (unpaired) electrons. The maximum atomic E-state index is 5.86. The molecular formula is C13H17N3S. The molecule has 2 aromatic rings. The third-order valence-electron chi connectivity index (χ3n) is 3.43. The second-order valence-electron chi connectivity index (χ2n) is 4.54. The molecule has 90 valence electrons. The summed E-state index contributed by atoms with van der Waals surface area (Å²) in [6, 6.07) is 8.81. The first-order valence-corrected chi connectivity index (χ1v) is 7.02. The summed E-state index contributed by atoms with van der Waals surface area (Å²) < 4.78 is 1.27. The van der Waals surface area contributed by atoms with E-state index < -0.39 is 0 Å². The lowest BCUT2D eigenvalue weighted by Gasteiger charge is -2.34. The number of fused-ring (bicyclic) bond motifs is 1. The van der Waals surface area contributed by atoms with E-state index in [4.69, 9.17) is 10.7 Å². The molecule has 17 heavy (non-hydrogen) atoms. The number of piperidine rings is 1. The van der Waals surface area contributed by atoms with Crippen LogP contribution in [0.3, 0.4) is 0 Å². The largest absolute Gasteiger partial charge is 0.344 e. The Morgan fingerprint density at radius 2 is 2.24 bits per heavy atom. The van der Waals surface area contributed by atoms with Crippen LogP contribution in [0.1, 0.15) is 19.3 Å². The van der Waals surface area contributed by atoms with Crippen LogP contribution in [0.25, 0.3) is 10.2 Å². The summed E-state index contributed by atoms with van der Waals surface area (Å²) in [6.07, 6.45) is 3.75. The molecule has 1 aromatic heterocycles. The molecule has 1 atom stereocenters. The Morgan fingerprint density at radius 1 is 1.35 bits per heavy atom. The molecule has 0 saturated carbocycles. The highest BCUT2D eigenvalue weighted by atomic mass is 32.1. The maximum Gasteiger partial charge on any atom is 0.186 e. The number of thiazole rings is 1. The fourth-order valence-corrected chi connectivity index (χ4v) is 3.54. The van der Waals surface area contributed by atoms with Crippen LogP contribution in [0.4, 0.5) is 5.13 Å². The van der Waals surface area contributed by atoms with Gasteiger partial charge in [0.25, 0.3) is 0 Å². The molecule has 0 spiro atoms. The summed E-state index contributed by atoms with van der Waals surface area (Å²) in [5.41, 5.74) is 6.97. The van der Waals surface area contributed by atoms with Gasteiger partial charge in [0.1, 0.15) is 0 Å². The van der Waals surface area contributed by atoms with E-state index in [1.165, 1.54) is 24.0 Å². The lowest BCUT2D eigenvalue weighted by molar-refractivity contribution is 0.465. The zero-order valence-corrected chi connectivity index (χ0v) is 10.6. The lowest BCUT2D eigenvalue weighted by Crippen LogP contribution is -2.44. The van der Waals surface area contributed by atoms with Gasteiger partial charge < -0.3 is 10.6 Å². The highest BCUT2D eigenvalue weighted by Gasteiger charge is 2.23. The molecule has 3 rings (SSSR count). The van der Waals surface area contributed by atoms with E-state index in [9.17, 15) is 0 Å². The van der Waals surface area contributed by atoms with Crippen molar-refractivity contribution in [3.8, 4) is 0 Å². The molecule has 1 fully saturated rings. The molecule has 1 aromatic carbocycles. The number of nitrogens with zero attached hydrogens (tertiary/aromatic N) is 2. The van der Waals surface area contributed by atoms with Crippen molar-refractivity contribution < 1.29 is 0 Å². The number of nitrogens with two attached hydrogens (primary N) is 1. The van der Waals surface area contributed by atoms with E-state index in [1.807, 2.05) is 6.07 Å². The van der Waals surface area contributed by atoms with E-state index in [0.29, 0.717) is 6.04 Å². The predicted octanol–water partition coefficient (Wildman–Crippen LogP) is 2.61.